The molecule has 4 heteroatoms. The molecule has 10 valence electrons. The van der Waals surface area contributed by atoms with Crippen LogP contribution in [0.5, 0.6) is 0 Å². The summed E-state index contributed by atoms with van der Waals surface area (Å²) >= 11 is 0. The molecule has 0 rings (SSSR count). The third-order valence-corrected chi connectivity index (χ3v) is 0. The molecule has 0 radical (unpaired) electrons. The Balaban J connectivity index is 0. The summed E-state index contributed by atoms with van der Waals surface area (Å²) < 4.78 is 0. The van der Waals surface area contributed by atoms with Crippen molar-refractivity contribution in [3.63, 3.8) is 0 Å². The van der Waals surface area contributed by atoms with Gasteiger partial charge in [0.05, 0.1) is 0 Å². The molecular weight excluding hydrogens is 152 g/mol. The summed E-state index contributed by atoms with van der Waals surface area (Å²) in [5.41, 5.74) is 0. The van der Waals surface area contributed by atoms with E-state index in [-0.39, 0.29) is 129 Å². The van der Waals surface area contributed by atoms with E-state index in [0.717, 1.165) is 0 Å². The molecule has 0 aromatic rings. The van der Waals surface area contributed by atoms with Gasteiger partial charge in [-0.05, 0) is 0 Å². The van der Waals surface area contributed by atoms with Crippen LogP contribution in [-0.4, -0.2) is 23.1 Å². The molecule has 0 fully saturated rings. The van der Waals surface area contributed by atoms with E-state index in [1.54, 1.807) is 0 Å². The van der Waals surface area contributed by atoms with Crippen molar-refractivity contribution in [1.82, 2.24) is 0 Å². The zero-order valence-electron chi connectivity index (χ0n) is 7.41. The fourth-order valence-electron chi connectivity index (χ4n) is 0. The molecule has 0 aromatic heterocycles. The summed E-state index contributed by atoms with van der Waals surface area (Å²) in [6.45, 7) is 0. The fourth-order valence-corrected chi connectivity index (χ4v) is 0. The Morgan fingerprint density at radius 1 is 1.25 bits per heavy atom. The molecular formula is H4KMgNaZn. The van der Waals surface area contributed by atoms with Gasteiger partial charge in [0.25, 0.3) is 0 Å². The van der Waals surface area contributed by atoms with Crippen LogP contribution >= 0.6 is 0 Å². The van der Waals surface area contributed by atoms with Crippen LogP contribution in [0, 0.1) is 0 Å². The molecule has 0 aliphatic heterocycles. The molecule has 0 aromatic carbocycles. The number of rotatable bonds is 0. The van der Waals surface area contributed by atoms with Crippen LogP contribution in [0.25, 0.3) is 0 Å². The molecule has 0 saturated heterocycles. The average Bonchev–Trinajstić information content (AvgIpc) is 0. The Hall–Kier alpha value is 4.03. The molecule has 0 atom stereocenters. The van der Waals surface area contributed by atoms with Gasteiger partial charge in [-0.1, -0.05) is 0 Å². The van der Waals surface area contributed by atoms with Crippen molar-refractivity contribution in [2.45, 2.75) is 0 Å². The third kappa shape index (κ3) is 9.39. The minimum atomic E-state index is 0. The smallest absolute Gasteiger partial charge is 1.00 e. The second-order valence-corrected chi connectivity index (χ2v) is 0. The van der Waals surface area contributed by atoms with Crippen molar-refractivity contribution in [2.75, 3.05) is 0 Å². The maximum atomic E-state index is 0. The van der Waals surface area contributed by atoms with Gasteiger partial charge in [0.15, 0.2) is 0 Å². The topological polar surface area (TPSA) is 0 Å². The van der Waals surface area contributed by atoms with Crippen molar-refractivity contribution in [3.05, 3.63) is 0 Å². The van der Waals surface area contributed by atoms with Crippen LogP contribution < -0.4 is 80.9 Å². The Morgan fingerprint density at radius 2 is 1.25 bits per heavy atom. The minimum Gasteiger partial charge on any atom is -1.00 e. The van der Waals surface area contributed by atoms with Gasteiger partial charge in [-0.2, -0.15) is 0 Å². The Morgan fingerprint density at radius 3 is 1.25 bits per heavy atom. The molecule has 0 saturated carbocycles. The zero-order valence-corrected chi connectivity index (χ0v) is 12.9. The predicted molar refractivity (Wildman–Crippen MR) is 10.2 cm³/mol. The maximum absolute atomic E-state index is 0. The second-order valence-electron chi connectivity index (χ2n) is 0. The van der Waals surface area contributed by atoms with Crippen LogP contribution in [0.15, 0.2) is 0 Å². The average molecular weight is 156 g/mol. The van der Waals surface area contributed by atoms with Gasteiger partial charge in [-0.25, -0.2) is 0 Å². The first-order valence-corrected chi connectivity index (χ1v) is 0. The van der Waals surface area contributed by atoms with Crippen molar-refractivity contribution in [3.8, 4) is 0 Å². The van der Waals surface area contributed by atoms with Crippen molar-refractivity contribution < 1.29 is 106 Å². The molecule has 0 nitrogen and oxygen atoms in total. The van der Waals surface area contributed by atoms with Crippen LogP contribution in [0.1, 0.15) is 5.71 Å². The Kier molecular flexibility index (Phi) is 96.2. The molecule has 0 amide bonds. The van der Waals surface area contributed by atoms with Crippen LogP contribution in [0.3, 0.4) is 0 Å². The van der Waals surface area contributed by atoms with Gasteiger partial charge in [0, 0.05) is 19.5 Å². The molecule has 4 heavy (non-hydrogen) atoms. The van der Waals surface area contributed by atoms with Crippen LogP contribution in [0.4, 0.5) is 0 Å². The summed E-state index contributed by atoms with van der Waals surface area (Å²) in [7, 11) is 0. The van der Waals surface area contributed by atoms with E-state index < -0.39 is 0 Å². The monoisotopic (exact) mass is 154 g/mol. The van der Waals surface area contributed by atoms with Gasteiger partial charge in [-0.3, -0.25) is 0 Å². The van der Waals surface area contributed by atoms with Gasteiger partial charge in [0.1, 0.15) is 0 Å². The molecule has 0 aliphatic carbocycles. The summed E-state index contributed by atoms with van der Waals surface area (Å²) in [5, 5.41) is 0. The maximum Gasteiger partial charge on any atom is 2.00 e. The normalized spacial score (nSPS) is 0. The zero-order chi connectivity index (χ0) is 0. The molecule has 0 aliphatic rings. The SMILES string of the molecule is [H-].[H-].[H-].[H-].[K+].[Mg+2].[Na+].[Zn]. The first kappa shape index (κ1) is 24.4. The van der Waals surface area contributed by atoms with E-state index in [0.29, 0.717) is 0 Å². The number of hydrogen-bond acceptors (Lipinski definition) is 0. The van der Waals surface area contributed by atoms with Gasteiger partial charge in [-0.15, -0.1) is 0 Å². The van der Waals surface area contributed by atoms with Gasteiger partial charge < -0.3 is 5.71 Å². The minimum absolute atomic E-state index is 0. The third-order valence-electron chi connectivity index (χ3n) is 0. The van der Waals surface area contributed by atoms with Crippen molar-refractivity contribution in [2.24, 2.45) is 0 Å². The summed E-state index contributed by atoms with van der Waals surface area (Å²) in [5.74, 6) is 0. The van der Waals surface area contributed by atoms with Crippen LogP contribution in [0.2, 0.25) is 0 Å². The van der Waals surface area contributed by atoms with E-state index in [1.807, 2.05) is 0 Å². The standard InChI is InChI=1S/K.Mg.Na.Zn.4H/q+1;+2;+1;;4*-1. The largest absolute Gasteiger partial charge is 2.00 e. The van der Waals surface area contributed by atoms with Crippen LogP contribution in [-0.2, 0) is 19.5 Å². The summed E-state index contributed by atoms with van der Waals surface area (Å²) in [6.07, 6.45) is 0. The van der Waals surface area contributed by atoms with E-state index in [9.17, 15) is 0 Å². The number of hydrogen-bond donors (Lipinski definition) is 0. The quantitative estimate of drug-likeness (QED) is 0.306. The predicted octanol–water partition coefficient (Wildman–Crippen LogP) is -5.93. The molecule has 0 bridgehead atoms. The summed E-state index contributed by atoms with van der Waals surface area (Å²) in [6, 6.07) is 0. The van der Waals surface area contributed by atoms with E-state index in [2.05, 4.69) is 0 Å². The first-order chi connectivity index (χ1) is 0. The van der Waals surface area contributed by atoms with Gasteiger partial charge >= 0.3 is 104 Å². The molecule has 0 heterocycles. The molecule has 0 unspecified atom stereocenters. The van der Waals surface area contributed by atoms with Crippen molar-refractivity contribution >= 4 is 23.1 Å². The van der Waals surface area contributed by atoms with Gasteiger partial charge in [0.2, 0.25) is 0 Å². The summed E-state index contributed by atoms with van der Waals surface area (Å²) in [4.78, 5) is 0. The van der Waals surface area contributed by atoms with E-state index >= 15 is 0 Å². The first-order valence-electron chi connectivity index (χ1n) is 0. The van der Waals surface area contributed by atoms with Crippen molar-refractivity contribution in [1.29, 1.82) is 0 Å². The Labute approximate surface area is 126 Å². The fraction of sp³-hybridized carbons (Fsp3) is 0. The Bertz CT molecular complexity index is 16.0. The van der Waals surface area contributed by atoms with E-state index in [4.69, 9.17) is 0 Å². The van der Waals surface area contributed by atoms with E-state index in [1.165, 1.54) is 0 Å². The molecule has 0 N–H and O–H groups in total. The second kappa shape index (κ2) is 15.7. The molecule has 0 spiro atoms.